The number of nitrogens with one attached hydrogen (secondary N) is 2. The highest BCUT2D eigenvalue weighted by Crippen LogP contribution is 2.23. The first kappa shape index (κ1) is 20.6. The number of methoxy groups -OCH3 is 1. The van der Waals surface area contributed by atoms with Crippen LogP contribution in [0.2, 0.25) is 0 Å². The number of hydrogen-bond donors (Lipinski definition) is 2. The highest BCUT2D eigenvalue weighted by atomic mass is 32.2. The van der Waals surface area contributed by atoms with Gasteiger partial charge in [0.2, 0.25) is 0 Å². The molecule has 1 aromatic heterocycles. The Hall–Kier alpha value is -3.17. The van der Waals surface area contributed by atoms with Crippen LogP contribution in [0.4, 0.5) is 10.8 Å². The fraction of sp³-hybridized carbons (Fsp3) is 0.100. The van der Waals surface area contributed by atoms with E-state index in [4.69, 9.17) is 4.74 Å². The highest BCUT2D eigenvalue weighted by molar-refractivity contribution is 7.93. The largest absolute Gasteiger partial charge is 0.496 e. The number of hydrogen-bond acceptors (Lipinski definition) is 6. The predicted octanol–water partition coefficient (Wildman–Crippen LogP) is 3.93. The Morgan fingerprint density at radius 1 is 1.24 bits per heavy atom. The number of allylic oxidation sites excluding steroid dienone is 1. The summed E-state index contributed by atoms with van der Waals surface area (Å²) in [6, 6.07) is 11.0. The van der Waals surface area contributed by atoms with E-state index in [-0.39, 0.29) is 15.9 Å². The third kappa shape index (κ3) is 5.01. The predicted molar refractivity (Wildman–Crippen MR) is 114 cm³/mol. The molecule has 3 rings (SSSR count). The van der Waals surface area contributed by atoms with Crippen LogP contribution in [0.5, 0.6) is 5.75 Å². The molecule has 1 heterocycles. The van der Waals surface area contributed by atoms with Gasteiger partial charge >= 0.3 is 0 Å². The van der Waals surface area contributed by atoms with Gasteiger partial charge in [0.25, 0.3) is 15.9 Å². The number of thiazole rings is 1. The van der Waals surface area contributed by atoms with E-state index < -0.39 is 10.0 Å². The van der Waals surface area contributed by atoms with Crippen molar-refractivity contribution < 1.29 is 17.9 Å². The molecule has 0 aliphatic heterocycles. The molecule has 0 spiro atoms. The highest BCUT2D eigenvalue weighted by Gasteiger charge is 2.16. The number of benzene rings is 2. The fourth-order valence-electron chi connectivity index (χ4n) is 2.60. The first-order valence-corrected chi connectivity index (χ1v) is 10.9. The van der Waals surface area contributed by atoms with Gasteiger partial charge in [-0.05, 0) is 54.4 Å². The van der Waals surface area contributed by atoms with Crippen LogP contribution in [0.1, 0.15) is 15.9 Å². The van der Waals surface area contributed by atoms with Gasteiger partial charge in [0.05, 0.1) is 12.0 Å². The van der Waals surface area contributed by atoms with Crippen molar-refractivity contribution in [3.63, 3.8) is 0 Å². The number of aromatic nitrogens is 1. The van der Waals surface area contributed by atoms with Crippen molar-refractivity contribution in [2.45, 2.75) is 11.3 Å². The van der Waals surface area contributed by atoms with Gasteiger partial charge in [0.15, 0.2) is 5.13 Å². The van der Waals surface area contributed by atoms with Crippen LogP contribution in [0, 0.1) is 0 Å². The molecule has 3 aromatic rings. The molecule has 0 aliphatic rings. The van der Waals surface area contributed by atoms with Crippen LogP contribution in [-0.4, -0.2) is 26.4 Å². The van der Waals surface area contributed by atoms with Gasteiger partial charge in [-0.2, -0.15) is 0 Å². The number of anilines is 2. The molecular formula is C20H19N3O4S2. The lowest BCUT2D eigenvalue weighted by atomic mass is 10.1. The molecule has 0 bridgehead atoms. The second-order valence-corrected chi connectivity index (χ2v) is 8.52. The molecule has 0 fully saturated rings. The lowest BCUT2D eigenvalue weighted by Gasteiger charge is -2.11. The van der Waals surface area contributed by atoms with E-state index in [1.807, 2.05) is 0 Å². The monoisotopic (exact) mass is 429 g/mol. The standard InChI is InChI=1S/C20H19N3O4S2/c1-3-4-14-13-15(5-10-18(14)27-2)19(24)22-16-6-8-17(9-7-16)29(25,26)23-20-21-11-12-28-20/h3,5-13H,1,4H2,2H3,(H,21,23)(H,22,24). The molecule has 29 heavy (non-hydrogen) atoms. The molecule has 0 aliphatic carbocycles. The minimum atomic E-state index is -3.74. The maximum absolute atomic E-state index is 12.5. The number of nitrogens with zero attached hydrogens (tertiary/aromatic N) is 1. The molecule has 0 saturated heterocycles. The number of rotatable bonds is 8. The van der Waals surface area contributed by atoms with E-state index in [0.717, 1.165) is 5.56 Å². The minimum absolute atomic E-state index is 0.0726. The number of carbonyl (C=O) groups excluding carboxylic acids is 1. The van der Waals surface area contributed by atoms with Crippen molar-refractivity contribution in [2.75, 3.05) is 17.1 Å². The van der Waals surface area contributed by atoms with E-state index in [2.05, 4.69) is 21.6 Å². The second-order valence-electron chi connectivity index (χ2n) is 5.94. The third-order valence-electron chi connectivity index (χ3n) is 3.98. The molecule has 150 valence electrons. The summed E-state index contributed by atoms with van der Waals surface area (Å²) in [5.41, 5.74) is 1.79. The molecule has 2 N–H and O–H groups in total. The second kappa shape index (κ2) is 8.89. The number of sulfonamides is 1. The smallest absolute Gasteiger partial charge is 0.263 e. The van der Waals surface area contributed by atoms with Gasteiger partial charge in [-0.1, -0.05) is 6.08 Å². The van der Waals surface area contributed by atoms with E-state index >= 15 is 0 Å². The van der Waals surface area contributed by atoms with Crippen molar-refractivity contribution >= 4 is 38.1 Å². The van der Waals surface area contributed by atoms with Crippen LogP contribution in [0.3, 0.4) is 0 Å². The maximum atomic E-state index is 12.5. The Morgan fingerprint density at radius 3 is 2.62 bits per heavy atom. The molecule has 2 aromatic carbocycles. The summed E-state index contributed by atoms with van der Waals surface area (Å²) in [4.78, 5) is 16.5. The number of carbonyl (C=O) groups is 1. The number of ether oxygens (including phenoxy) is 1. The average molecular weight is 430 g/mol. The Morgan fingerprint density at radius 2 is 2.00 bits per heavy atom. The Bertz CT molecular complexity index is 1110. The fourth-order valence-corrected chi connectivity index (χ4v) is 4.39. The van der Waals surface area contributed by atoms with Crippen LogP contribution < -0.4 is 14.8 Å². The van der Waals surface area contributed by atoms with Crippen molar-refractivity contribution in [3.8, 4) is 5.75 Å². The summed E-state index contributed by atoms with van der Waals surface area (Å²) in [6.45, 7) is 3.71. The summed E-state index contributed by atoms with van der Waals surface area (Å²) in [5, 5.41) is 4.72. The Labute approximate surface area is 173 Å². The van der Waals surface area contributed by atoms with Gasteiger partial charge in [-0.3, -0.25) is 9.52 Å². The van der Waals surface area contributed by atoms with Crippen molar-refractivity contribution in [3.05, 3.63) is 77.8 Å². The normalized spacial score (nSPS) is 10.9. The van der Waals surface area contributed by atoms with Crippen molar-refractivity contribution in [1.29, 1.82) is 0 Å². The third-order valence-corrected chi connectivity index (χ3v) is 6.16. The molecule has 1 amide bonds. The van der Waals surface area contributed by atoms with Crippen LogP contribution >= 0.6 is 11.3 Å². The summed E-state index contributed by atoms with van der Waals surface area (Å²) < 4.78 is 32.4. The van der Waals surface area contributed by atoms with Crippen LogP contribution in [-0.2, 0) is 16.4 Å². The van der Waals surface area contributed by atoms with E-state index in [9.17, 15) is 13.2 Å². The first-order chi connectivity index (χ1) is 13.9. The summed E-state index contributed by atoms with van der Waals surface area (Å²) in [6.07, 6.45) is 3.82. The van der Waals surface area contributed by atoms with Crippen molar-refractivity contribution in [1.82, 2.24) is 4.98 Å². The van der Waals surface area contributed by atoms with Gasteiger partial charge in [0, 0.05) is 22.8 Å². The lowest BCUT2D eigenvalue weighted by Crippen LogP contribution is -2.14. The van der Waals surface area contributed by atoms with Crippen LogP contribution in [0.15, 0.2) is 71.6 Å². The summed E-state index contributed by atoms with van der Waals surface area (Å²) in [7, 11) is -2.17. The number of amides is 1. The summed E-state index contributed by atoms with van der Waals surface area (Å²) >= 11 is 1.19. The molecule has 9 heteroatoms. The molecular weight excluding hydrogens is 410 g/mol. The van der Waals surface area contributed by atoms with Crippen LogP contribution in [0.25, 0.3) is 0 Å². The molecule has 7 nitrogen and oxygen atoms in total. The zero-order chi connectivity index (χ0) is 20.9. The van der Waals surface area contributed by atoms with E-state index in [1.165, 1.54) is 41.8 Å². The van der Waals surface area contributed by atoms with Crippen molar-refractivity contribution in [2.24, 2.45) is 0 Å². The quantitative estimate of drug-likeness (QED) is 0.529. The summed E-state index contributed by atoms with van der Waals surface area (Å²) in [5.74, 6) is 0.373. The molecule has 0 atom stereocenters. The minimum Gasteiger partial charge on any atom is -0.496 e. The lowest BCUT2D eigenvalue weighted by molar-refractivity contribution is 0.102. The Balaban J connectivity index is 1.73. The molecule has 0 radical (unpaired) electrons. The average Bonchev–Trinajstić information content (AvgIpc) is 3.21. The SMILES string of the molecule is C=CCc1cc(C(=O)Nc2ccc(S(=O)(=O)Nc3nccs3)cc2)ccc1OC. The van der Waals surface area contributed by atoms with Gasteiger partial charge in [0.1, 0.15) is 5.75 Å². The zero-order valence-electron chi connectivity index (χ0n) is 15.6. The van der Waals surface area contributed by atoms with E-state index in [0.29, 0.717) is 23.4 Å². The zero-order valence-corrected chi connectivity index (χ0v) is 17.2. The molecule has 0 saturated carbocycles. The topological polar surface area (TPSA) is 97.4 Å². The van der Waals surface area contributed by atoms with Gasteiger partial charge in [-0.15, -0.1) is 17.9 Å². The van der Waals surface area contributed by atoms with E-state index in [1.54, 1.807) is 36.8 Å². The van der Waals surface area contributed by atoms with Gasteiger partial charge < -0.3 is 10.1 Å². The molecule has 0 unspecified atom stereocenters. The van der Waals surface area contributed by atoms with Gasteiger partial charge in [-0.25, -0.2) is 13.4 Å². The maximum Gasteiger partial charge on any atom is 0.263 e. The Kier molecular flexibility index (Phi) is 6.30. The first-order valence-electron chi connectivity index (χ1n) is 8.54.